The van der Waals surface area contributed by atoms with E-state index in [-0.39, 0.29) is 0 Å². The number of nitrogens with two attached hydrogens (primary N) is 1. The van der Waals surface area contributed by atoms with Crippen molar-refractivity contribution in [3.8, 4) is 0 Å². The van der Waals surface area contributed by atoms with Crippen LogP contribution in [0.5, 0.6) is 0 Å². The minimum atomic E-state index is -2.86. The zero-order valence-corrected chi connectivity index (χ0v) is 6.29. The SMILES string of the molecule is CN=C(C=C(N)C(F)F)C(=O)O. The van der Waals surface area contributed by atoms with Gasteiger partial charge in [0.1, 0.15) is 5.71 Å². The van der Waals surface area contributed by atoms with E-state index in [9.17, 15) is 13.6 Å². The van der Waals surface area contributed by atoms with E-state index in [1.807, 2.05) is 0 Å². The zero-order valence-electron chi connectivity index (χ0n) is 6.29. The van der Waals surface area contributed by atoms with Crippen LogP contribution in [-0.4, -0.2) is 30.3 Å². The van der Waals surface area contributed by atoms with Crippen LogP contribution >= 0.6 is 0 Å². The third kappa shape index (κ3) is 3.09. The molecule has 0 unspecified atom stereocenters. The molecule has 0 aromatic rings. The predicted molar refractivity (Wildman–Crippen MR) is 39.3 cm³/mol. The lowest BCUT2D eigenvalue weighted by Gasteiger charge is -1.97. The molecule has 0 atom stereocenters. The first-order valence-corrected chi connectivity index (χ1v) is 2.94. The Morgan fingerprint density at radius 1 is 1.67 bits per heavy atom. The number of hydrogen-bond donors (Lipinski definition) is 2. The van der Waals surface area contributed by atoms with Crippen molar-refractivity contribution in [3.05, 3.63) is 11.8 Å². The van der Waals surface area contributed by atoms with Crippen LogP contribution in [0.2, 0.25) is 0 Å². The summed E-state index contributed by atoms with van der Waals surface area (Å²) in [7, 11) is 1.18. The normalized spacial score (nSPS) is 13.7. The molecule has 0 spiro atoms. The molecule has 4 nitrogen and oxygen atoms in total. The number of nitrogens with zero attached hydrogens (tertiary/aromatic N) is 1. The van der Waals surface area contributed by atoms with Crippen LogP contribution in [0.4, 0.5) is 8.78 Å². The molecule has 0 saturated carbocycles. The van der Waals surface area contributed by atoms with E-state index in [1.165, 1.54) is 7.05 Å². The Bertz CT molecular complexity index is 236. The van der Waals surface area contributed by atoms with Crippen LogP contribution in [0.25, 0.3) is 0 Å². The van der Waals surface area contributed by atoms with Gasteiger partial charge in [0, 0.05) is 7.05 Å². The number of alkyl halides is 2. The van der Waals surface area contributed by atoms with Gasteiger partial charge in [-0.3, -0.25) is 4.99 Å². The fourth-order valence-corrected chi connectivity index (χ4v) is 0.443. The predicted octanol–water partition coefficient (Wildman–Crippen LogP) is 0.250. The fourth-order valence-electron chi connectivity index (χ4n) is 0.443. The van der Waals surface area contributed by atoms with Crippen molar-refractivity contribution in [2.45, 2.75) is 6.43 Å². The summed E-state index contributed by atoms with van der Waals surface area (Å²) in [6.45, 7) is 0. The van der Waals surface area contributed by atoms with Crippen molar-refractivity contribution in [1.29, 1.82) is 0 Å². The number of hydrogen-bond acceptors (Lipinski definition) is 3. The van der Waals surface area contributed by atoms with Crippen molar-refractivity contribution in [3.63, 3.8) is 0 Å². The highest BCUT2D eigenvalue weighted by molar-refractivity contribution is 6.40. The van der Waals surface area contributed by atoms with Gasteiger partial charge in [-0.15, -0.1) is 0 Å². The van der Waals surface area contributed by atoms with Gasteiger partial charge in [-0.1, -0.05) is 0 Å². The number of halogens is 2. The van der Waals surface area contributed by atoms with Gasteiger partial charge in [0.25, 0.3) is 6.43 Å². The molecule has 12 heavy (non-hydrogen) atoms. The molecule has 0 aromatic heterocycles. The van der Waals surface area contributed by atoms with Crippen molar-refractivity contribution < 1.29 is 18.7 Å². The molecular weight excluding hydrogens is 170 g/mol. The van der Waals surface area contributed by atoms with E-state index < -0.39 is 23.8 Å². The van der Waals surface area contributed by atoms with Gasteiger partial charge >= 0.3 is 5.97 Å². The van der Waals surface area contributed by atoms with Crippen molar-refractivity contribution >= 4 is 11.7 Å². The van der Waals surface area contributed by atoms with Crippen LogP contribution in [-0.2, 0) is 4.79 Å². The molecule has 3 N–H and O–H groups in total. The molecule has 0 fully saturated rings. The van der Waals surface area contributed by atoms with E-state index in [0.29, 0.717) is 6.08 Å². The summed E-state index contributed by atoms with van der Waals surface area (Å²) in [4.78, 5) is 13.5. The van der Waals surface area contributed by atoms with Crippen LogP contribution in [0.1, 0.15) is 0 Å². The van der Waals surface area contributed by atoms with E-state index in [2.05, 4.69) is 4.99 Å². The minimum absolute atomic E-state index is 0.493. The Morgan fingerprint density at radius 3 is 2.42 bits per heavy atom. The largest absolute Gasteiger partial charge is 0.477 e. The highest BCUT2D eigenvalue weighted by Gasteiger charge is 2.10. The molecule has 0 aliphatic carbocycles. The van der Waals surface area contributed by atoms with Crippen molar-refractivity contribution in [1.82, 2.24) is 0 Å². The second kappa shape index (κ2) is 4.42. The van der Waals surface area contributed by atoms with Gasteiger partial charge in [-0.2, -0.15) is 0 Å². The van der Waals surface area contributed by atoms with Crippen LogP contribution in [0.15, 0.2) is 16.8 Å². The molecule has 0 aliphatic rings. The molecule has 0 radical (unpaired) electrons. The Labute approximate surface area is 67.4 Å². The molecule has 0 rings (SSSR count). The molecule has 0 heterocycles. The van der Waals surface area contributed by atoms with E-state index >= 15 is 0 Å². The molecule has 0 aliphatic heterocycles. The monoisotopic (exact) mass is 178 g/mol. The third-order valence-corrected chi connectivity index (χ3v) is 1.02. The van der Waals surface area contributed by atoms with E-state index in [4.69, 9.17) is 10.8 Å². The first-order valence-electron chi connectivity index (χ1n) is 2.94. The van der Waals surface area contributed by atoms with E-state index in [1.54, 1.807) is 0 Å². The number of carboxylic acids is 1. The molecule has 0 aromatic carbocycles. The van der Waals surface area contributed by atoms with Gasteiger partial charge in [-0.25, -0.2) is 13.6 Å². The first kappa shape index (κ1) is 10.5. The maximum Gasteiger partial charge on any atom is 0.354 e. The van der Waals surface area contributed by atoms with Crippen LogP contribution < -0.4 is 5.73 Å². The Kier molecular flexibility index (Phi) is 3.89. The van der Waals surface area contributed by atoms with Gasteiger partial charge in [0.15, 0.2) is 0 Å². The highest BCUT2D eigenvalue weighted by Crippen LogP contribution is 2.01. The Morgan fingerprint density at radius 2 is 2.17 bits per heavy atom. The summed E-state index contributed by atoms with van der Waals surface area (Å²) in [6, 6.07) is 0. The number of aliphatic carboxylic acids is 1. The lowest BCUT2D eigenvalue weighted by molar-refractivity contribution is -0.129. The molecule has 0 bridgehead atoms. The molecule has 68 valence electrons. The summed E-state index contributed by atoms with van der Waals surface area (Å²) in [5.74, 6) is -1.39. The molecule has 0 amide bonds. The van der Waals surface area contributed by atoms with Gasteiger partial charge in [0.2, 0.25) is 0 Å². The smallest absolute Gasteiger partial charge is 0.354 e. The number of rotatable bonds is 3. The van der Waals surface area contributed by atoms with Crippen molar-refractivity contribution in [2.75, 3.05) is 7.05 Å². The Balaban J connectivity index is 4.60. The summed E-state index contributed by atoms with van der Waals surface area (Å²) >= 11 is 0. The molecule has 6 heteroatoms. The quantitative estimate of drug-likeness (QED) is 0.608. The average Bonchev–Trinajstić information content (AvgIpc) is 1.98. The zero-order chi connectivity index (χ0) is 9.72. The summed E-state index contributed by atoms with van der Waals surface area (Å²) in [5.41, 5.74) is 3.50. The standard InChI is InChI=1S/C6H8F2N2O2/c1-10-4(6(11)12)2-3(9)5(7)8/h2,5H,9H2,1H3,(H,11,12). The lowest BCUT2D eigenvalue weighted by Crippen LogP contribution is -2.16. The Hall–Kier alpha value is -1.46. The average molecular weight is 178 g/mol. The number of allylic oxidation sites excluding steroid dienone is 1. The first-order chi connectivity index (χ1) is 5.49. The van der Waals surface area contributed by atoms with Gasteiger partial charge < -0.3 is 10.8 Å². The molecular formula is C6H8F2N2O2. The minimum Gasteiger partial charge on any atom is -0.477 e. The summed E-state index contributed by atoms with van der Waals surface area (Å²) in [6.07, 6.45) is -2.23. The lowest BCUT2D eigenvalue weighted by atomic mass is 10.3. The second-order valence-corrected chi connectivity index (χ2v) is 1.86. The molecule has 0 saturated heterocycles. The number of carbonyl (C=O) groups is 1. The van der Waals surface area contributed by atoms with Crippen LogP contribution in [0.3, 0.4) is 0 Å². The maximum atomic E-state index is 11.7. The van der Waals surface area contributed by atoms with Gasteiger partial charge in [-0.05, 0) is 6.08 Å². The fraction of sp³-hybridized carbons (Fsp3) is 0.333. The topological polar surface area (TPSA) is 75.7 Å². The second-order valence-electron chi connectivity index (χ2n) is 1.86. The summed E-state index contributed by atoms with van der Waals surface area (Å²) in [5, 5.41) is 8.33. The summed E-state index contributed by atoms with van der Waals surface area (Å²) < 4.78 is 23.5. The highest BCUT2D eigenvalue weighted by atomic mass is 19.3. The van der Waals surface area contributed by atoms with Gasteiger partial charge in [0.05, 0.1) is 5.70 Å². The number of carboxylic acid groups (broad SMARTS) is 1. The van der Waals surface area contributed by atoms with E-state index in [0.717, 1.165) is 0 Å². The number of aliphatic imine (C=N–C) groups is 1. The maximum absolute atomic E-state index is 11.7. The van der Waals surface area contributed by atoms with Crippen LogP contribution in [0, 0.1) is 0 Å². The van der Waals surface area contributed by atoms with Crippen molar-refractivity contribution in [2.24, 2.45) is 10.7 Å². The third-order valence-electron chi connectivity index (χ3n) is 1.02.